The first kappa shape index (κ1) is 25.9. The number of nitrogens with zero attached hydrogens (tertiary/aromatic N) is 1. The van der Waals surface area contributed by atoms with E-state index in [4.69, 9.17) is 16.3 Å². The Morgan fingerprint density at radius 2 is 1.79 bits per heavy atom. The van der Waals surface area contributed by atoms with Gasteiger partial charge in [-0.1, -0.05) is 68.8 Å². The molecule has 7 atom stereocenters. The van der Waals surface area contributed by atoms with Crippen molar-refractivity contribution in [2.24, 2.45) is 17.8 Å². The van der Waals surface area contributed by atoms with Crippen molar-refractivity contribution >= 4 is 35.0 Å². The number of hydrogen-bond donors (Lipinski definition) is 2. The van der Waals surface area contributed by atoms with E-state index < -0.39 is 29.6 Å². The molecule has 204 valence electrons. The van der Waals surface area contributed by atoms with Crippen LogP contribution in [0.1, 0.15) is 70.3 Å². The Balaban J connectivity index is 1.33. The van der Waals surface area contributed by atoms with Gasteiger partial charge >= 0.3 is 0 Å². The standard InChI is InChI=1S/C30H38ClN3O4/c1-17-12-13-20(16-21(17)31)33-27(35)24-23-14-15-30(38-23)25(24)29(37)34(22-11-7-6-8-18(22)2)26(30)28(36)32-19-9-4-3-5-10-19/h12-16,18-19,22-26H,3-11H2,1-2H3,(H,32,36)(H,33,35). The van der Waals surface area contributed by atoms with Gasteiger partial charge in [0.15, 0.2) is 0 Å². The SMILES string of the molecule is Cc1ccc(NC(=O)C2C3C=CC4(O3)C2C(=O)N(C2CCCCC2C)C4C(=O)NC2CCCCC2)cc1Cl. The molecule has 1 aromatic carbocycles. The summed E-state index contributed by atoms with van der Waals surface area (Å²) in [6, 6.07) is 4.72. The topological polar surface area (TPSA) is 87.7 Å². The van der Waals surface area contributed by atoms with E-state index in [0.29, 0.717) is 10.7 Å². The van der Waals surface area contributed by atoms with Gasteiger partial charge in [-0.3, -0.25) is 14.4 Å². The number of fused-ring (bicyclic) bond motifs is 1. The zero-order valence-electron chi connectivity index (χ0n) is 22.3. The highest BCUT2D eigenvalue weighted by Gasteiger charge is 2.73. The molecule has 6 rings (SSSR count). The molecule has 7 nitrogen and oxygen atoms in total. The number of aryl methyl sites for hydroxylation is 1. The van der Waals surface area contributed by atoms with Crippen molar-refractivity contribution in [3.63, 3.8) is 0 Å². The third-order valence-corrected chi connectivity index (χ3v) is 10.1. The molecule has 3 heterocycles. The van der Waals surface area contributed by atoms with Crippen LogP contribution in [-0.4, -0.2) is 52.5 Å². The molecule has 5 aliphatic rings. The van der Waals surface area contributed by atoms with Crippen LogP contribution in [0.15, 0.2) is 30.4 Å². The molecule has 2 saturated carbocycles. The molecule has 1 spiro atoms. The first-order chi connectivity index (χ1) is 18.3. The van der Waals surface area contributed by atoms with E-state index in [-0.39, 0.29) is 35.7 Å². The quantitative estimate of drug-likeness (QED) is 0.528. The number of carbonyl (C=O) groups is 3. The van der Waals surface area contributed by atoms with E-state index >= 15 is 0 Å². The van der Waals surface area contributed by atoms with E-state index in [2.05, 4.69) is 17.6 Å². The summed E-state index contributed by atoms with van der Waals surface area (Å²) in [4.78, 5) is 43.9. The second-order valence-electron chi connectivity index (χ2n) is 12.1. The van der Waals surface area contributed by atoms with Crippen LogP contribution >= 0.6 is 11.6 Å². The minimum atomic E-state index is -1.12. The summed E-state index contributed by atoms with van der Waals surface area (Å²) in [6.07, 6.45) is 12.7. The Hall–Kier alpha value is -2.38. The third-order valence-electron chi connectivity index (χ3n) is 9.68. The van der Waals surface area contributed by atoms with Gasteiger partial charge in [0, 0.05) is 22.8 Å². The molecule has 2 bridgehead atoms. The fourth-order valence-electron chi connectivity index (χ4n) is 7.70. The Morgan fingerprint density at radius 3 is 2.53 bits per heavy atom. The fraction of sp³-hybridized carbons (Fsp3) is 0.633. The molecule has 38 heavy (non-hydrogen) atoms. The summed E-state index contributed by atoms with van der Waals surface area (Å²) < 4.78 is 6.53. The summed E-state index contributed by atoms with van der Waals surface area (Å²) in [5.74, 6) is -1.68. The molecule has 4 fully saturated rings. The second-order valence-corrected chi connectivity index (χ2v) is 12.5. The highest BCUT2D eigenvalue weighted by atomic mass is 35.5. The van der Waals surface area contributed by atoms with Crippen LogP contribution in [-0.2, 0) is 19.1 Å². The van der Waals surface area contributed by atoms with Gasteiger partial charge in [0.25, 0.3) is 0 Å². The summed E-state index contributed by atoms with van der Waals surface area (Å²) >= 11 is 6.29. The molecule has 0 radical (unpaired) electrons. The Kier molecular flexibility index (Phi) is 6.79. The van der Waals surface area contributed by atoms with Gasteiger partial charge in [-0.25, -0.2) is 0 Å². The molecule has 1 aromatic rings. The molecule has 2 saturated heterocycles. The van der Waals surface area contributed by atoms with E-state index in [1.807, 2.05) is 36.1 Å². The molecule has 7 unspecified atom stereocenters. The maximum atomic E-state index is 14.3. The lowest BCUT2D eigenvalue weighted by molar-refractivity contribution is -0.146. The Bertz CT molecular complexity index is 1160. The average molecular weight is 540 g/mol. The molecule has 3 aliphatic heterocycles. The predicted octanol–water partition coefficient (Wildman–Crippen LogP) is 4.77. The van der Waals surface area contributed by atoms with Crippen molar-refractivity contribution in [3.05, 3.63) is 40.9 Å². The summed E-state index contributed by atoms with van der Waals surface area (Å²) in [6.45, 7) is 4.08. The van der Waals surface area contributed by atoms with Crippen LogP contribution in [0.5, 0.6) is 0 Å². The van der Waals surface area contributed by atoms with Gasteiger partial charge in [-0.2, -0.15) is 0 Å². The fourth-order valence-corrected chi connectivity index (χ4v) is 7.88. The molecular weight excluding hydrogens is 502 g/mol. The number of rotatable bonds is 5. The van der Waals surface area contributed by atoms with Gasteiger partial charge in [-0.05, 0) is 56.2 Å². The van der Waals surface area contributed by atoms with Gasteiger partial charge < -0.3 is 20.3 Å². The van der Waals surface area contributed by atoms with Crippen LogP contribution in [0.25, 0.3) is 0 Å². The molecule has 2 N–H and O–H groups in total. The number of anilines is 1. The summed E-state index contributed by atoms with van der Waals surface area (Å²) in [5.41, 5.74) is 0.385. The Labute approximate surface area is 229 Å². The predicted molar refractivity (Wildman–Crippen MR) is 146 cm³/mol. The zero-order valence-corrected chi connectivity index (χ0v) is 23.0. The number of hydrogen-bond acceptors (Lipinski definition) is 4. The molecular formula is C30H38ClN3O4. The smallest absolute Gasteiger partial charge is 0.246 e. The largest absolute Gasteiger partial charge is 0.359 e. The van der Waals surface area contributed by atoms with E-state index in [9.17, 15) is 14.4 Å². The van der Waals surface area contributed by atoms with E-state index in [1.54, 1.807) is 6.07 Å². The minimum absolute atomic E-state index is 0.0333. The number of amides is 3. The van der Waals surface area contributed by atoms with Crippen molar-refractivity contribution in [3.8, 4) is 0 Å². The van der Waals surface area contributed by atoms with Crippen molar-refractivity contribution in [1.82, 2.24) is 10.2 Å². The van der Waals surface area contributed by atoms with Crippen LogP contribution in [0.4, 0.5) is 5.69 Å². The van der Waals surface area contributed by atoms with Gasteiger partial charge in [0.05, 0.1) is 17.9 Å². The van der Waals surface area contributed by atoms with E-state index in [0.717, 1.165) is 56.9 Å². The van der Waals surface area contributed by atoms with Crippen LogP contribution in [0.2, 0.25) is 5.02 Å². The van der Waals surface area contributed by atoms with Gasteiger partial charge in [0.2, 0.25) is 17.7 Å². The minimum Gasteiger partial charge on any atom is -0.359 e. The lowest BCUT2D eigenvalue weighted by Gasteiger charge is -2.42. The number of carbonyl (C=O) groups excluding carboxylic acids is 3. The van der Waals surface area contributed by atoms with Crippen molar-refractivity contribution in [1.29, 1.82) is 0 Å². The van der Waals surface area contributed by atoms with Crippen molar-refractivity contribution < 1.29 is 19.1 Å². The second kappa shape index (κ2) is 9.98. The molecule has 8 heteroatoms. The van der Waals surface area contributed by atoms with Gasteiger partial charge in [-0.15, -0.1) is 0 Å². The summed E-state index contributed by atoms with van der Waals surface area (Å²) in [7, 11) is 0. The number of benzene rings is 1. The number of halogens is 1. The van der Waals surface area contributed by atoms with E-state index in [1.165, 1.54) is 6.42 Å². The normalized spacial score (nSPS) is 36.4. The average Bonchev–Trinajstić information content (AvgIpc) is 3.54. The number of ether oxygens (including phenoxy) is 1. The van der Waals surface area contributed by atoms with Crippen LogP contribution < -0.4 is 10.6 Å². The molecule has 0 aromatic heterocycles. The molecule has 3 amide bonds. The maximum Gasteiger partial charge on any atom is 0.246 e. The van der Waals surface area contributed by atoms with Crippen molar-refractivity contribution in [2.75, 3.05) is 5.32 Å². The monoisotopic (exact) mass is 539 g/mol. The first-order valence-corrected chi connectivity index (χ1v) is 14.7. The van der Waals surface area contributed by atoms with Crippen LogP contribution in [0, 0.1) is 24.7 Å². The highest BCUT2D eigenvalue weighted by Crippen LogP contribution is 2.56. The first-order valence-electron chi connectivity index (χ1n) is 14.4. The lowest BCUT2D eigenvalue weighted by atomic mass is 9.74. The maximum absolute atomic E-state index is 14.3. The number of likely N-dealkylation sites (tertiary alicyclic amines) is 1. The van der Waals surface area contributed by atoms with Crippen molar-refractivity contribution in [2.45, 2.75) is 101 Å². The summed E-state index contributed by atoms with van der Waals surface area (Å²) in [5, 5.41) is 6.83. The number of nitrogens with one attached hydrogen (secondary N) is 2. The van der Waals surface area contributed by atoms with Gasteiger partial charge in [0.1, 0.15) is 11.6 Å². The zero-order chi connectivity index (χ0) is 26.6. The Morgan fingerprint density at radius 1 is 1.05 bits per heavy atom. The van der Waals surface area contributed by atoms with Crippen LogP contribution in [0.3, 0.4) is 0 Å². The molecule has 2 aliphatic carbocycles. The lowest BCUT2D eigenvalue weighted by Crippen LogP contribution is -2.59. The highest BCUT2D eigenvalue weighted by molar-refractivity contribution is 6.31. The third kappa shape index (κ3) is 4.17.